The Morgan fingerprint density at radius 2 is 1.85 bits per heavy atom. The third-order valence-electron chi connectivity index (χ3n) is 2.76. The Morgan fingerprint density at radius 1 is 1.10 bits per heavy atom. The summed E-state index contributed by atoms with van der Waals surface area (Å²) in [5, 5.41) is 0. The number of anilines is 1. The van der Waals surface area contributed by atoms with Crippen molar-refractivity contribution in [3.8, 4) is 0 Å². The van der Waals surface area contributed by atoms with E-state index in [4.69, 9.17) is 0 Å². The number of pyridine rings is 1. The number of nitrogens with zero attached hydrogens (tertiary/aromatic N) is 2. The third kappa shape index (κ3) is 2.35. The van der Waals surface area contributed by atoms with Gasteiger partial charge < -0.3 is 4.40 Å². The number of nitrogens with one attached hydrogen (secondary N) is 1. The van der Waals surface area contributed by atoms with Crippen molar-refractivity contribution in [2.24, 2.45) is 0 Å². The van der Waals surface area contributed by atoms with Crippen molar-refractivity contribution in [3.63, 3.8) is 0 Å². The summed E-state index contributed by atoms with van der Waals surface area (Å²) in [6.45, 7) is 0. The van der Waals surface area contributed by atoms with Crippen LogP contribution >= 0.6 is 0 Å². The summed E-state index contributed by atoms with van der Waals surface area (Å²) in [5.41, 5.74) is 1.12. The number of imidazole rings is 1. The van der Waals surface area contributed by atoms with Crippen LogP contribution in [0.3, 0.4) is 0 Å². The molecular weight excluding hydrogens is 281 g/mol. The van der Waals surface area contributed by atoms with Crippen LogP contribution < -0.4 is 4.72 Å². The van der Waals surface area contributed by atoms with Gasteiger partial charge in [0.2, 0.25) is 0 Å². The van der Waals surface area contributed by atoms with E-state index < -0.39 is 15.8 Å². The van der Waals surface area contributed by atoms with Crippen LogP contribution in [0.25, 0.3) is 5.65 Å². The van der Waals surface area contributed by atoms with Crippen LogP contribution in [-0.4, -0.2) is 17.8 Å². The average Bonchev–Trinajstić information content (AvgIpc) is 2.86. The normalized spacial score (nSPS) is 11.7. The largest absolute Gasteiger partial charge is 0.305 e. The number of halogens is 1. The first-order valence-corrected chi connectivity index (χ1v) is 7.24. The summed E-state index contributed by atoms with van der Waals surface area (Å²) in [5.74, 6) is -0.483. The lowest BCUT2D eigenvalue weighted by Gasteiger charge is -2.08. The van der Waals surface area contributed by atoms with Crippen LogP contribution in [0, 0.1) is 5.82 Å². The molecule has 0 aliphatic carbocycles. The van der Waals surface area contributed by atoms with Crippen molar-refractivity contribution in [2.75, 3.05) is 4.72 Å². The van der Waals surface area contributed by atoms with Gasteiger partial charge in [0.05, 0.1) is 10.6 Å². The van der Waals surface area contributed by atoms with E-state index in [1.165, 1.54) is 12.1 Å². The van der Waals surface area contributed by atoms with Gasteiger partial charge in [-0.25, -0.2) is 17.8 Å². The number of benzene rings is 1. The van der Waals surface area contributed by atoms with E-state index in [0.29, 0.717) is 5.69 Å². The molecule has 0 spiro atoms. The Morgan fingerprint density at radius 3 is 2.60 bits per heavy atom. The highest BCUT2D eigenvalue weighted by atomic mass is 32.2. The van der Waals surface area contributed by atoms with Gasteiger partial charge in [0.1, 0.15) is 11.5 Å². The van der Waals surface area contributed by atoms with Gasteiger partial charge in [-0.2, -0.15) is 0 Å². The van der Waals surface area contributed by atoms with Crippen LogP contribution in [0.4, 0.5) is 10.1 Å². The van der Waals surface area contributed by atoms with Crippen LogP contribution in [0.15, 0.2) is 59.9 Å². The van der Waals surface area contributed by atoms with Gasteiger partial charge >= 0.3 is 0 Å². The highest BCUT2D eigenvalue weighted by Crippen LogP contribution is 2.17. The summed E-state index contributed by atoms with van der Waals surface area (Å²) in [6.07, 6.45) is 4.95. The van der Waals surface area contributed by atoms with Crippen molar-refractivity contribution in [1.82, 2.24) is 9.38 Å². The van der Waals surface area contributed by atoms with Gasteiger partial charge in [-0.3, -0.25) is 4.72 Å². The molecule has 0 amide bonds. The Bertz CT molecular complexity index is 857. The molecule has 102 valence electrons. The lowest BCUT2D eigenvalue weighted by Crippen LogP contribution is -2.13. The number of sulfonamides is 1. The molecule has 0 bridgehead atoms. The number of aromatic nitrogens is 2. The second-order valence-electron chi connectivity index (χ2n) is 4.17. The van der Waals surface area contributed by atoms with E-state index in [0.717, 1.165) is 17.8 Å². The third-order valence-corrected chi connectivity index (χ3v) is 4.16. The van der Waals surface area contributed by atoms with Crippen molar-refractivity contribution < 1.29 is 12.8 Å². The van der Waals surface area contributed by atoms with Crippen molar-refractivity contribution >= 4 is 21.4 Å². The molecule has 0 saturated carbocycles. The van der Waals surface area contributed by atoms with Gasteiger partial charge in [-0.1, -0.05) is 0 Å². The molecule has 5 nitrogen and oxygen atoms in total. The highest BCUT2D eigenvalue weighted by Gasteiger charge is 2.14. The minimum Gasteiger partial charge on any atom is -0.305 e. The topological polar surface area (TPSA) is 63.5 Å². The maximum Gasteiger partial charge on any atom is 0.261 e. The summed E-state index contributed by atoms with van der Waals surface area (Å²) >= 11 is 0. The second-order valence-corrected chi connectivity index (χ2v) is 5.85. The molecule has 0 fully saturated rings. The molecule has 0 aliphatic heterocycles. The van der Waals surface area contributed by atoms with Gasteiger partial charge in [0.25, 0.3) is 10.0 Å². The lowest BCUT2D eigenvalue weighted by atomic mass is 10.4. The lowest BCUT2D eigenvalue weighted by molar-refractivity contribution is 0.599. The molecular formula is C13H10FN3O2S. The molecule has 0 unspecified atom stereocenters. The maximum absolute atomic E-state index is 12.8. The fraction of sp³-hybridized carbons (Fsp3) is 0. The molecule has 1 N–H and O–H groups in total. The number of fused-ring (bicyclic) bond motifs is 1. The predicted molar refractivity (Wildman–Crippen MR) is 72.4 cm³/mol. The monoisotopic (exact) mass is 291 g/mol. The average molecular weight is 291 g/mol. The van der Waals surface area contributed by atoms with Gasteiger partial charge in [0, 0.05) is 18.6 Å². The zero-order valence-corrected chi connectivity index (χ0v) is 11.0. The molecule has 0 radical (unpaired) electrons. The minimum atomic E-state index is -3.73. The molecule has 0 aliphatic rings. The molecule has 3 rings (SSSR count). The quantitative estimate of drug-likeness (QED) is 0.805. The van der Waals surface area contributed by atoms with E-state index in [9.17, 15) is 12.8 Å². The van der Waals surface area contributed by atoms with Gasteiger partial charge in [-0.15, -0.1) is 0 Å². The van der Waals surface area contributed by atoms with Crippen LogP contribution in [0.2, 0.25) is 0 Å². The number of rotatable bonds is 3. The van der Waals surface area contributed by atoms with E-state index in [1.54, 1.807) is 35.1 Å². The van der Waals surface area contributed by atoms with Gasteiger partial charge in [0.15, 0.2) is 0 Å². The van der Waals surface area contributed by atoms with Crippen molar-refractivity contribution in [3.05, 3.63) is 60.8 Å². The first-order valence-electron chi connectivity index (χ1n) is 5.76. The van der Waals surface area contributed by atoms with E-state index >= 15 is 0 Å². The maximum atomic E-state index is 12.8. The number of hydrogen-bond donors (Lipinski definition) is 1. The molecule has 3 aromatic rings. The Kier molecular flexibility index (Phi) is 2.90. The Hall–Kier alpha value is -2.41. The van der Waals surface area contributed by atoms with E-state index in [-0.39, 0.29) is 4.90 Å². The minimum absolute atomic E-state index is 0.00429. The van der Waals surface area contributed by atoms with Crippen LogP contribution in [-0.2, 0) is 10.0 Å². The summed E-state index contributed by atoms with van der Waals surface area (Å²) < 4.78 is 41.2. The van der Waals surface area contributed by atoms with E-state index in [2.05, 4.69) is 9.71 Å². The molecule has 0 saturated heterocycles. The summed E-state index contributed by atoms with van der Waals surface area (Å²) in [6, 6.07) is 7.95. The molecule has 0 atom stereocenters. The van der Waals surface area contributed by atoms with E-state index in [1.807, 2.05) is 0 Å². The van der Waals surface area contributed by atoms with Crippen LogP contribution in [0.5, 0.6) is 0 Å². The van der Waals surface area contributed by atoms with Gasteiger partial charge in [-0.05, 0) is 36.4 Å². The highest BCUT2D eigenvalue weighted by molar-refractivity contribution is 7.92. The molecule has 20 heavy (non-hydrogen) atoms. The predicted octanol–water partition coefficient (Wildman–Crippen LogP) is 2.27. The first-order chi connectivity index (χ1) is 9.54. The fourth-order valence-corrected chi connectivity index (χ4v) is 2.85. The summed E-state index contributed by atoms with van der Waals surface area (Å²) in [7, 11) is -3.73. The molecule has 2 heterocycles. The Balaban J connectivity index is 1.94. The smallest absolute Gasteiger partial charge is 0.261 e. The zero-order chi connectivity index (χ0) is 14.2. The molecule has 7 heteroatoms. The van der Waals surface area contributed by atoms with Crippen molar-refractivity contribution in [1.29, 1.82) is 0 Å². The zero-order valence-electron chi connectivity index (χ0n) is 10.2. The second kappa shape index (κ2) is 4.61. The Labute approximate surface area is 114 Å². The summed E-state index contributed by atoms with van der Waals surface area (Å²) in [4.78, 5) is 4.07. The fourth-order valence-electron chi connectivity index (χ4n) is 1.81. The van der Waals surface area contributed by atoms with Crippen molar-refractivity contribution in [2.45, 2.75) is 4.90 Å². The molecule has 2 aromatic heterocycles. The SMILES string of the molecule is O=S(=O)(Nc1ccc2nccn2c1)c1ccc(F)cc1. The number of hydrogen-bond acceptors (Lipinski definition) is 3. The first kappa shape index (κ1) is 12.6. The standard InChI is InChI=1S/C13H10FN3O2S/c14-10-1-4-12(5-2-10)20(18,19)16-11-3-6-13-15-7-8-17(13)9-11/h1-9,16H. The molecule has 1 aromatic carbocycles. The van der Waals surface area contributed by atoms with Crippen LogP contribution in [0.1, 0.15) is 0 Å².